The highest BCUT2D eigenvalue weighted by Gasteiger charge is 2.19. The minimum atomic E-state index is -0.793. The first-order valence-electron chi connectivity index (χ1n) is 35.3. The zero-order chi connectivity index (χ0) is 57.8. The zero-order valence-corrected chi connectivity index (χ0v) is 53.6. The molecule has 0 saturated heterocycles. The van der Waals surface area contributed by atoms with Gasteiger partial charge in [-0.2, -0.15) is 0 Å². The van der Waals surface area contributed by atoms with Crippen LogP contribution in [0.3, 0.4) is 0 Å². The average Bonchev–Trinajstić information content (AvgIpc) is 3.46. The molecule has 0 spiro atoms. The van der Waals surface area contributed by atoms with Crippen LogP contribution >= 0.6 is 0 Å². The molecule has 0 radical (unpaired) electrons. The van der Waals surface area contributed by atoms with Crippen molar-refractivity contribution in [1.29, 1.82) is 0 Å². The molecule has 0 rings (SSSR count). The minimum absolute atomic E-state index is 0.0864. The number of ether oxygens (including phenoxy) is 3. The summed E-state index contributed by atoms with van der Waals surface area (Å²) in [5.74, 6) is -0.909. The first-order valence-corrected chi connectivity index (χ1v) is 35.3. The van der Waals surface area contributed by atoms with Crippen LogP contribution in [0, 0.1) is 0 Å². The molecule has 80 heavy (non-hydrogen) atoms. The van der Waals surface area contributed by atoms with Gasteiger partial charge < -0.3 is 14.2 Å². The van der Waals surface area contributed by atoms with Gasteiger partial charge in [-0.3, -0.25) is 14.4 Å². The summed E-state index contributed by atoms with van der Waals surface area (Å²) in [7, 11) is 0. The quantitative estimate of drug-likeness (QED) is 0.0261. The summed E-state index contributed by atoms with van der Waals surface area (Å²) < 4.78 is 16.9. The molecule has 0 amide bonds. The van der Waals surface area contributed by atoms with Crippen molar-refractivity contribution in [2.75, 3.05) is 13.2 Å². The van der Waals surface area contributed by atoms with Gasteiger partial charge in [0.25, 0.3) is 0 Å². The van der Waals surface area contributed by atoms with E-state index >= 15 is 0 Å². The summed E-state index contributed by atoms with van der Waals surface area (Å²) in [6.07, 6.45) is 88.6. The van der Waals surface area contributed by atoms with Gasteiger partial charge in [-0.05, 0) is 83.5 Å². The third-order valence-corrected chi connectivity index (χ3v) is 15.8. The molecule has 466 valence electrons. The van der Waals surface area contributed by atoms with Crippen LogP contribution in [0.25, 0.3) is 0 Å². The minimum Gasteiger partial charge on any atom is -0.462 e. The van der Waals surface area contributed by atoms with Crippen LogP contribution in [0.15, 0.2) is 60.8 Å². The molecule has 0 heterocycles. The Hall–Kier alpha value is -2.89. The van der Waals surface area contributed by atoms with Gasteiger partial charge >= 0.3 is 17.9 Å². The highest BCUT2D eigenvalue weighted by molar-refractivity contribution is 5.71. The number of allylic oxidation sites excluding steroid dienone is 10. The molecular weight excluding hydrogens is 985 g/mol. The Morgan fingerprint density at radius 3 is 0.800 bits per heavy atom. The molecule has 0 saturated carbocycles. The van der Waals surface area contributed by atoms with Gasteiger partial charge in [0.05, 0.1) is 0 Å². The summed E-state index contributed by atoms with van der Waals surface area (Å²) in [5, 5.41) is 0. The molecule has 0 aromatic carbocycles. The number of hydrogen-bond donors (Lipinski definition) is 0. The molecule has 6 nitrogen and oxygen atoms in total. The summed E-state index contributed by atoms with van der Waals surface area (Å²) >= 11 is 0. The SMILES string of the molecule is CC/C=C\C/C=C\C/C=C\C/C=C\CCCCC(=O)OC(COC(=O)CCCCCCCCCCCCCC)COC(=O)CCCCCCCCCCCCCCCCCCCCCCCCC/C=C\CCCCCCCCCC. The van der Waals surface area contributed by atoms with E-state index in [1.807, 2.05) is 0 Å². The molecule has 1 atom stereocenters. The maximum absolute atomic E-state index is 12.9. The van der Waals surface area contributed by atoms with E-state index in [1.165, 1.54) is 250 Å². The molecule has 0 aliphatic carbocycles. The number of hydrogen-bond acceptors (Lipinski definition) is 6. The van der Waals surface area contributed by atoms with Crippen molar-refractivity contribution in [3.8, 4) is 0 Å². The van der Waals surface area contributed by atoms with Crippen LogP contribution in [0.1, 0.15) is 374 Å². The second-order valence-corrected chi connectivity index (χ2v) is 23.8. The fraction of sp³-hybridized carbons (Fsp3) is 0.824. The van der Waals surface area contributed by atoms with Crippen LogP contribution in [0.5, 0.6) is 0 Å². The van der Waals surface area contributed by atoms with Gasteiger partial charge in [0.1, 0.15) is 13.2 Å². The lowest BCUT2D eigenvalue weighted by Gasteiger charge is -2.18. The molecule has 0 bridgehead atoms. The lowest BCUT2D eigenvalue weighted by atomic mass is 10.0. The first-order chi connectivity index (χ1) is 39.5. The number of esters is 3. The van der Waals surface area contributed by atoms with Gasteiger partial charge in [-0.15, -0.1) is 0 Å². The Kier molecular flexibility index (Phi) is 66.1. The molecule has 0 aliphatic heterocycles. The summed E-state index contributed by atoms with van der Waals surface area (Å²) in [4.78, 5) is 38.3. The Bertz CT molecular complexity index is 1430. The zero-order valence-electron chi connectivity index (χ0n) is 53.6. The topological polar surface area (TPSA) is 78.9 Å². The molecule has 1 unspecified atom stereocenters. The molecule has 6 heteroatoms. The smallest absolute Gasteiger partial charge is 0.306 e. The van der Waals surface area contributed by atoms with Crippen molar-refractivity contribution in [2.45, 2.75) is 380 Å². The normalized spacial score (nSPS) is 12.4. The van der Waals surface area contributed by atoms with Gasteiger partial charge in [0, 0.05) is 19.3 Å². The van der Waals surface area contributed by atoms with Crippen molar-refractivity contribution in [2.24, 2.45) is 0 Å². The van der Waals surface area contributed by atoms with E-state index < -0.39 is 6.10 Å². The van der Waals surface area contributed by atoms with Crippen molar-refractivity contribution < 1.29 is 28.6 Å². The monoisotopic (exact) mass is 1120 g/mol. The van der Waals surface area contributed by atoms with Gasteiger partial charge in [-0.25, -0.2) is 0 Å². The Morgan fingerprint density at radius 1 is 0.263 bits per heavy atom. The van der Waals surface area contributed by atoms with E-state index in [4.69, 9.17) is 14.2 Å². The van der Waals surface area contributed by atoms with Gasteiger partial charge in [0.2, 0.25) is 0 Å². The maximum Gasteiger partial charge on any atom is 0.306 e. The van der Waals surface area contributed by atoms with Crippen molar-refractivity contribution in [3.05, 3.63) is 60.8 Å². The van der Waals surface area contributed by atoms with Crippen LogP contribution in [-0.2, 0) is 28.6 Å². The third kappa shape index (κ3) is 65.9. The summed E-state index contributed by atoms with van der Waals surface area (Å²) in [6.45, 7) is 6.53. The number of carbonyl (C=O) groups excluding carboxylic acids is 3. The van der Waals surface area contributed by atoms with Gasteiger partial charge in [-0.1, -0.05) is 332 Å². The highest BCUT2D eigenvalue weighted by Crippen LogP contribution is 2.18. The van der Waals surface area contributed by atoms with Crippen LogP contribution in [0.2, 0.25) is 0 Å². The maximum atomic E-state index is 12.9. The molecule has 0 fully saturated rings. The number of carbonyl (C=O) groups is 3. The molecule has 0 aromatic rings. The molecule has 0 N–H and O–H groups in total. The predicted molar refractivity (Wildman–Crippen MR) is 348 cm³/mol. The van der Waals surface area contributed by atoms with E-state index in [1.54, 1.807) is 0 Å². The number of rotatable bonds is 65. The van der Waals surface area contributed by atoms with E-state index in [0.717, 1.165) is 77.0 Å². The first kappa shape index (κ1) is 77.1. The van der Waals surface area contributed by atoms with E-state index in [9.17, 15) is 14.4 Å². The second kappa shape index (κ2) is 68.6. The number of unbranched alkanes of at least 4 members (excludes halogenated alkanes) is 44. The lowest BCUT2D eigenvalue weighted by Crippen LogP contribution is -2.30. The van der Waals surface area contributed by atoms with Crippen molar-refractivity contribution >= 4 is 17.9 Å². The van der Waals surface area contributed by atoms with Crippen LogP contribution in [0.4, 0.5) is 0 Å². The fourth-order valence-corrected chi connectivity index (χ4v) is 10.5. The summed E-state index contributed by atoms with van der Waals surface area (Å²) in [6, 6.07) is 0. The summed E-state index contributed by atoms with van der Waals surface area (Å²) in [5.41, 5.74) is 0. The molecule has 0 aromatic heterocycles. The van der Waals surface area contributed by atoms with E-state index in [0.29, 0.717) is 19.3 Å². The van der Waals surface area contributed by atoms with Crippen molar-refractivity contribution in [1.82, 2.24) is 0 Å². The highest BCUT2D eigenvalue weighted by atomic mass is 16.6. The fourth-order valence-electron chi connectivity index (χ4n) is 10.5. The predicted octanol–water partition coefficient (Wildman–Crippen LogP) is 24.3. The Balaban J connectivity index is 4.06. The Labute approximate surface area is 498 Å². The van der Waals surface area contributed by atoms with Gasteiger partial charge in [0.15, 0.2) is 6.10 Å². The van der Waals surface area contributed by atoms with Crippen LogP contribution < -0.4 is 0 Å². The third-order valence-electron chi connectivity index (χ3n) is 15.8. The Morgan fingerprint density at radius 2 is 0.487 bits per heavy atom. The van der Waals surface area contributed by atoms with E-state index in [-0.39, 0.29) is 37.5 Å². The standard InChI is InChI=1S/C74H134O6/c1-4-7-10-13-16-19-22-25-27-28-29-30-31-32-33-34-35-36-37-38-39-40-41-42-43-44-45-46-48-49-52-55-58-61-64-67-73(76)79-70-71(69-78-72(75)66-63-60-57-54-51-24-21-18-15-12-9-6-3)80-74(77)68-65-62-59-56-53-50-47-26-23-20-17-14-11-8-5-2/h8,11,17,20,26,28-29,47,53,56,71H,4-7,9-10,12-16,18-19,21-25,27,30-46,48-52,54-55,57-70H2,1-3H3/b11-8-,20-17-,29-28-,47-26-,56-53-. The average molecular weight is 1120 g/mol. The van der Waals surface area contributed by atoms with Crippen LogP contribution in [-0.4, -0.2) is 37.2 Å². The molecule has 0 aliphatic rings. The lowest BCUT2D eigenvalue weighted by molar-refractivity contribution is -0.167. The van der Waals surface area contributed by atoms with Crippen molar-refractivity contribution in [3.63, 3.8) is 0 Å². The second-order valence-electron chi connectivity index (χ2n) is 23.8. The molecular formula is C74H134O6. The van der Waals surface area contributed by atoms with E-state index in [2.05, 4.69) is 81.5 Å². The largest absolute Gasteiger partial charge is 0.462 e.